The zero-order valence-corrected chi connectivity index (χ0v) is 9.91. The molecule has 1 fully saturated rings. The van der Waals surface area contributed by atoms with E-state index >= 15 is 0 Å². The van der Waals surface area contributed by atoms with E-state index < -0.39 is 5.54 Å². The van der Waals surface area contributed by atoms with Gasteiger partial charge in [-0.3, -0.25) is 4.79 Å². The van der Waals surface area contributed by atoms with Crippen molar-refractivity contribution in [1.82, 2.24) is 10.2 Å². The third kappa shape index (κ3) is 2.51. The number of hydrogen-bond donors (Lipinski definition) is 1. The topological polar surface area (TPSA) is 32.3 Å². The van der Waals surface area contributed by atoms with Crippen molar-refractivity contribution in [3.05, 3.63) is 0 Å². The number of piperidine rings is 1. The van der Waals surface area contributed by atoms with Crippen LogP contribution in [0.1, 0.15) is 26.7 Å². The SMILES string of the molecule is CC(=O)C1(NC(C)=S)CCN(C)CC1. The van der Waals surface area contributed by atoms with Gasteiger partial charge in [0, 0.05) is 13.1 Å². The molecule has 80 valence electrons. The Bertz CT molecular complexity index is 245. The van der Waals surface area contributed by atoms with Crippen LogP contribution >= 0.6 is 12.2 Å². The lowest BCUT2D eigenvalue weighted by Crippen LogP contribution is -2.58. The van der Waals surface area contributed by atoms with E-state index in [1.807, 2.05) is 6.92 Å². The second-order valence-electron chi connectivity index (χ2n) is 4.12. The summed E-state index contributed by atoms with van der Waals surface area (Å²) in [5.74, 6) is 0.204. The number of hydrogen-bond acceptors (Lipinski definition) is 3. The molecule has 0 atom stereocenters. The molecule has 1 aliphatic rings. The highest BCUT2D eigenvalue weighted by Gasteiger charge is 2.37. The van der Waals surface area contributed by atoms with Crippen LogP contribution in [0.3, 0.4) is 0 Å². The van der Waals surface area contributed by atoms with Crippen LogP contribution in [0.4, 0.5) is 0 Å². The van der Waals surface area contributed by atoms with Crippen LogP contribution in [0.2, 0.25) is 0 Å². The fraction of sp³-hybridized carbons (Fsp3) is 0.800. The highest BCUT2D eigenvalue weighted by molar-refractivity contribution is 7.80. The van der Waals surface area contributed by atoms with Crippen LogP contribution in [-0.4, -0.2) is 41.3 Å². The lowest BCUT2D eigenvalue weighted by molar-refractivity contribution is -0.124. The van der Waals surface area contributed by atoms with Gasteiger partial charge in [0.25, 0.3) is 0 Å². The molecule has 1 heterocycles. The first-order valence-corrected chi connectivity index (χ1v) is 5.35. The molecule has 0 aromatic carbocycles. The normalized spacial score (nSPS) is 21.6. The predicted octanol–water partition coefficient (Wildman–Crippen LogP) is 0.977. The van der Waals surface area contributed by atoms with E-state index in [1.54, 1.807) is 6.92 Å². The summed E-state index contributed by atoms with van der Waals surface area (Å²) in [6.45, 7) is 5.39. The van der Waals surface area contributed by atoms with Gasteiger partial charge >= 0.3 is 0 Å². The second kappa shape index (κ2) is 4.36. The molecule has 0 amide bonds. The van der Waals surface area contributed by atoms with Crippen LogP contribution in [0.5, 0.6) is 0 Å². The number of nitrogens with one attached hydrogen (secondary N) is 1. The number of carbonyl (C=O) groups excluding carboxylic acids is 1. The van der Waals surface area contributed by atoms with Gasteiger partial charge in [0.2, 0.25) is 0 Å². The van der Waals surface area contributed by atoms with E-state index in [0.29, 0.717) is 4.99 Å². The van der Waals surface area contributed by atoms with Crippen molar-refractivity contribution in [2.24, 2.45) is 0 Å². The highest BCUT2D eigenvalue weighted by Crippen LogP contribution is 2.22. The smallest absolute Gasteiger partial charge is 0.155 e. The Morgan fingerprint density at radius 2 is 1.86 bits per heavy atom. The first-order chi connectivity index (χ1) is 6.46. The monoisotopic (exact) mass is 214 g/mol. The Hall–Kier alpha value is -0.480. The number of thiocarbonyl (C=S) groups is 1. The van der Waals surface area contributed by atoms with Crippen LogP contribution in [-0.2, 0) is 4.79 Å². The summed E-state index contributed by atoms with van der Waals surface area (Å²) in [5.41, 5.74) is -0.391. The molecule has 0 radical (unpaired) electrons. The maximum atomic E-state index is 11.6. The third-order valence-corrected chi connectivity index (χ3v) is 3.03. The van der Waals surface area contributed by atoms with Crippen molar-refractivity contribution in [3.8, 4) is 0 Å². The molecule has 0 unspecified atom stereocenters. The Morgan fingerprint density at radius 1 is 1.36 bits per heavy atom. The Balaban J connectivity index is 2.73. The van der Waals surface area contributed by atoms with Crippen LogP contribution in [0, 0.1) is 0 Å². The summed E-state index contributed by atoms with van der Waals surface area (Å²) in [7, 11) is 2.08. The number of rotatable bonds is 2. The fourth-order valence-corrected chi connectivity index (χ4v) is 2.10. The number of ketones is 1. The largest absolute Gasteiger partial charge is 0.367 e. The van der Waals surface area contributed by atoms with E-state index in [9.17, 15) is 4.79 Å². The first-order valence-electron chi connectivity index (χ1n) is 4.95. The van der Waals surface area contributed by atoms with E-state index in [2.05, 4.69) is 17.3 Å². The van der Waals surface area contributed by atoms with Crippen molar-refractivity contribution >= 4 is 23.0 Å². The number of likely N-dealkylation sites (tertiary alicyclic amines) is 1. The van der Waals surface area contributed by atoms with Crippen LogP contribution < -0.4 is 5.32 Å². The minimum atomic E-state index is -0.391. The molecule has 0 aromatic heterocycles. The molecule has 3 nitrogen and oxygen atoms in total. The number of nitrogens with zero attached hydrogens (tertiary/aromatic N) is 1. The zero-order chi connectivity index (χ0) is 10.8. The molecule has 4 heteroatoms. The van der Waals surface area contributed by atoms with Gasteiger partial charge in [0.1, 0.15) is 0 Å². The summed E-state index contributed by atoms with van der Waals surface area (Å²) in [6, 6.07) is 0. The van der Waals surface area contributed by atoms with Crippen molar-refractivity contribution in [2.75, 3.05) is 20.1 Å². The van der Waals surface area contributed by atoms with Gasteiger partial charge < -0.3 is 10.2 Å². The van der Waals surface area contributed by atoms with Crippen LogP contribution in [0.25, 0.3) is 0 Å². The maximum Gasteiger partial charge on any atom is 0.155 e. The van der Waals surface area contributed by atoms with E-state index in [4.69, 9.17) is 12.2 Å². The molecule has 1 N–H and O–H groups in total. The summed E-state index contributed by atoms with van der Waals surface area (Å²) < 4.78 is 0. The van der Waals surface area contributed by atoms with E-state index in [-0.39, 0.29) is 5.78 Å². The minimum absolute atomic E-state index is 0.204. The van der Waals surface area contributed by atoms with Crippen molar-refractivity contribution in [1.29, 1.82) is 0 Å². The van der Waals surface area contributed by atoms with Gasteiger partial charge in [-0.05, 0) is 33.7 Å². The standard InChI is InChI=1S/C10H18N2OS/c1-8(13)10(11-9(2)14)4-6-12(3)7-5-10/h4-7H2,1-3H3,(H,11,14). The van der Waals surface area contributed by atoms with Crippen LogP contribution in [0.15, 0.2) is 0 Å². The van der Waals surface area contributed by atoms with Gasteiger partial charge in [-0.2, -0.15) is 0 Å². The molecule has 14 heavy (non-hydrogen) atoms. The van der Waals surface area contributed by atoms with Crippen molar-refractivity contribution in [2.45, 2.75) is 32.2 Å². The molecule has 0 saturated carbocycles. The van der Waals surface area contributed by atoms with Gasteiger partial charge in [0.05, 0.1) is 10.5 Å². The summed E-state index contributed by atoms with van der Waals surface area (Å²) >= 11 is 5.02. The van der Waals surface area contributed by atoms with Gasteiger partial charge in [0.15, 0.2) is 5.78 Å². The van der Waals surface area contributed by atoms with Crippen molar-refractivity contribution < 1.29 is 4.79 Å². The van der Waals surface area contributed by atoms with Gasteiger partial charge in [-0.15, -0.1) is 0 Å². The van der Waals surface area contributed by atoms with E-state index in [1.165, 1.54) is 0 Å². The third-order valence-electron chi connectivity index (χ3n) is 2.93. The number of carbonyl (C=O) groups is 1. The molecular formula is C10H18N2OS. The Morgan fingerprint density at radius 3 is 2.21 bits per heavy atom. The minimum Gasteiger partial charge on any atom is -0.367 e. The fourth-order valence-electron chi connectivity index (χ4n) is 1.90. The Labute approximate surface area is 90.8 Å². The Kier molecular flexibility index (Phi) is 3.61. The summed E-state index contributed by atoms with van der Waals surface area (Å²) in [6.07, 6.45) is 1.71. The maximum absolute atomic E-state index is 11.6. The number of Topliss-reactive ketones (excluding diaryl/α,β-unsaturated/α-hetero) is 1. The molecule has 0 bridgehead atoms. The highest BCUT2D eigenvalue weighted by atomic mass is 32.1. The van der Waals surface area contributed by atoms with Gasteiger partial charge in [-0.1, -0.05) is 12.2 Å². The summed E-state index contributed by atoms with van der Waals surface area (Å²) in [5, 5.41) is 3.17. The molecule has 0 aliphatic carbocycles. The lowest BCUT2D eigenvalue weighted by Gasteiger charge is -2.39. The predicted molar refractivity (Wildman–Crippen MR) is 61.6 cm³/mol. The molecule has 1 saturated heterocycles. The zero-order valence-electron chi connectivity index (χ0n) is 9.09. The molecular weight excluding hydrogens is 196 g/mol. The first kappa shape index (κ1) is 11.6. The van der Waals surface area contributed by atoms with Gasteiger partial charge in [-0.25, -0.2) is 0 Å². The average molecular weight is 214 g/mol. The summed E-state index contributed by atoms with van der Waals surface area (Å²) in [4.78, 5) is 14.6. The quantitative estimate of drug-likeness (QED) is 0.694. The second-order valence-corrected chi connectivity index (χ2v) is 4.74. The molecule has 0 spiro atoms. The molecule has 0 aromatic rings. The molecule has 1 aliphatic heterocycles. The van der Waals surface area contributed by atoms with Crippen molar-refractivity contribution in [3.63, 3.8) is 0 Å². The lowest BCUT2D eigenvalue weighted by atomic mass is 9.84. The van der Waals surface area contributed by atoms with E-state index in [0.717, 1.165) is 25.9 Å². The average Bonchev–Trinajstić information content (AvgIpc) is 2.08. The molecule has 1 rings (SSSR count).